The number of likely N-dealkylation sites (tertiary alicyclic amines) is 1. The highest BCUT2D eigenvalue weighted by Gasteiger charge is 2.37. The highest BCUT2D eigenvalue weighted by molar-refractivity contribution is 5.85. The van der Waals surface area contributed by atoms with Crippen molar-refractivity contribution in [1.29, 1.82) is 5.26 Å². The van der Waals surface area contributed by atoms with Crippen LogP contribution in [0.1, 0.15) is 44.4 Å². The quantitative estimate of drug-likeness (QED) is 0.854. The Balaban J connectivity index is 2.00. The van der Waals surface area contributed by atoms with Gasteiger partial charge in [-0.15, -0.1) is 0 Å². The fraction of sp³-hybridized carbons (Fsp3) is 0.588. The topological polar surface area (TPSA) is 57.0 Å². The van der Waals surface area contributed by atoms with Crippen molar-refractivity contribution in [3.05, 3.63) is 29.6 Å². The van der Waals surface area contributed by atoms with Crippen LogP contribution in [-0.2, 0) is 11.2 Å². The van der Waals surface area contributed by atoms with Crippen molar-refractivity contribution >= 4 is 5.91 Å². The van der Waals surface area contributed by atoms with Crippen molar-refractivity contribution < 1.29 is 4.79 Å². The van der Waals surface area contributed by atoms with E-state index in [2.05, 4.69) is 17.1 Å². The molecule has 0 radical (unpaired) electrons. The first-order valence-electron chi connectivity index (χ1n) is 7.58. The molecule has 0 saturated carbocycles. The minimum atomic E-state index is -0.921. The minimum Gasteiger partial charge on any atom is -0.338 e. The Kier molecular flexibility index (Phi) is 4.62. The van der Waals surface area contributed by atoms with Gasteiger partial charge in [-0.3, -0.25) is 9.78 Å². The predicted molar refractivity (Wildman–Crippen MR) is 81.4 cm³/mol. The first-order chi connectivity index (χ1) is 9.94. The van der Waals surface area contributed by atoms with Gasteiger partial charge in [-0.25, -0.2) is 0 Å². The summed E-state index contributed by atoms with van der Waals surface area (Å²) in [5, 5.41) is 9.15. The highest BCUT2D eigenvalue weighted by Crippen LogP contribution is 2.27. The summed E-state index contributed by atoms with van der Waals surface area (Å²) < 4.78 is 0. The zero-order valence-corrected chi connectivity index (χ0v) is 13.1. The van der Waals surface area contributed by atoms with Gasteiger partial charge in [0.25, 0.3) is 0 Å². The van der Waals surface area contributed by atoms with E-state index in [0.29, 0.717) is 0 Å². The lowest BCUT2D eigenvalue weighted by atomic mass is 9.93. The van der Waals surface area contributed by atoms with Gasteiger partial charge in [0.2, 0.25) is 5.91 Å². The largest absolute Gasteiger partial charge is 0.338 e. The molecule has 1 atom stereocenters. The minimum absolute atomic E-state index is 0.0293. The van der Waals surface area contributed by atoms with E-state index in [1.165, 1.54) is 5.56 Å². The van der Waals surface area contributed by atoms with Gasteiger partial charge in [0.1, 0.15) is 5.41 Å². The first kappa shape index (κ1) is 15.5. The number of amides is 1. The molecule has 0 N–H and O–H groups in total. The van der Waals surface area contributed by atoms with E-state index in [9.17, 15) is 4.79 Å². The lowest BCUT2D eigenvalue weighted by Gasteiger charge is -2.29. The molecule has 1 aromatic rings. The lowest BCUT2D eigenvalue weighted by molar-refractivity contribution is -0.138. The summed E-state index contributed by atoms with van der Waals surface area (Å²) in [7, 11) is 0. The van der Waals surface area contributed by atoms with Crippen LogP contribution in [0.5, 0.6) is 0 Å². The van der Waals surface area contributed by atoms with Crippen LogP contribution < -0.4 is 0 Å². The summed E-state index contributed by atoms with van der Waals surface area (Å²) in [6, 6.07) is 6.52. The molecule has 1 unspecified atom stereocenters. The highest BCUT2D eigenvalue weighted by atomic mass is 16.2. The number of aryl methyl sites for hydroxylation is 2. The molecule has 0 aromatic carbocycles. The number of rotatable bonds is 4. The van der Waals surface area contributed by atoms with E-state index >= 15 is 0 Å². The van der Waals surface area contributed by atoms with Gasteiger partial charge in [0.15, 0.2) is 0 Å². The van der Waals surface area contributed by atoms with Crippen LogP contribution in [0.15, 0.2) is 18.3 Å². The summed E-state index contributed by atoms with van der Waals surface area (Å²) in [6.45, 7) is 6.18. The fourth-order valence-electron chi connectivity index (χ4n) is 2.90. The molecule has 112 valence electrons. The van der Waals surface area contributed by atoms with E-state index in [0.717, 1.165) is 37.9 Å². The summed E-state index contributed by atoms with van der Waals surface area (Å²) in [5.74, 6) is -0.0293. The Morgan fingerprint density at radius 3 is 3.00 bits per heavy atom. The van der Waals surface area contributed by atoms with E-state index in [4.69, 9.17) is 5.26 Å². The number of pyridine rings is 1. The maximum atomic E-state index is 12.5. The van der Waals surface area contributed by atoms with Crippen molar-refractivity contribution in [1.82, 2.24) is 9.88 Å². The van der Waals surface area contributed by atoms with Crippen molar-refractivity contribution in [2.45, 2.75) is 52.5 Å². The van der Waals surface area contributed by atoms with Gasteiger partial charge in [-0.1, -0.05) is 0 Å². The van der Waals surface area contributed by atoms with E-state index in [-0.39, 0.29) is 11.9 Å². The zero-order valence-electron chi connectivity index (χ0n) is 13.1. The van der Waals surface area contributed by atoms with Gasteiger partial charge >= 0.3 is 0 Å². The molecular formula is C17H23N3O. The molecule has 21 heavy (non-hydrogen) atoms. The molecule has 1 saturated heterocycles. The number of hydrogen-bond donors (Lipinski definition) is 0. The monoisotopic (exact) mass is 285 g/mol. The molecule has 1 aromatic heterocycles. The van der Waals surface area contributed by atoms with Gasteiger partial charge in [0, 0.05) is 24.5 Å². The van der Waals surface area contributed by atoms with E-state index in [1.54, 1.807) is 13.8 Å². The van der Waals surface area contributed by atoms with Crippen LogP contribution in [-0.4, -0.2) is 28.4 Å². The summed E-state index contributed by atoms with van der Waals surface area (Å²) >= 11 is 0. The third-order valence-electron chi connectivity index (χ3n) is 4.18. The van der Waals surface area contributed by atoms with Crippen LogP contribution in [0.3, 0.4) is 0 Å². The fourth-order valence-corrected chi connectivity index (χ4v) is 2.90. The van der Waals surface area contributed by atoms with Crippen molar-refractivity contribution in [3.63, 3.8) is 0 Å². The van der Waals surface area contributed by atoms with Crippen LogP contribution in [0.2, 0.25) is 0 Å². The third-order valence-corrected chi connectivity index (χ3v) is 4.18. The Hall–Kier alpha value is -1.89. The lowest BCUT2D eigenvalue weighted by Crippen LogP contribution is -2.43. The Labute approximate surface area is 126 Å². The predicted octanol–water partition coefficient (Wildman–Crippen LogP) is 2.86. The maximum Gasteiger partial charge on any atom is 0.242 e. The molecule has 1 aliphatic heterocycles. The van der Waals surface area contributed by atoms with Crippen LogP contribution in [0, 0.1) is 23.7 Å². The number of nitrogens with zero attached hydrogens (tertiary/aromatic N) is 3. The molecule has 0 bridgehead atoms. The molecular weight excluding hydrogens is 262 g/mol. The Bertz CT molecular complexity index is 559. The van der Waals surface area contributed by atoms with E-state index in [1.807, 2.05) is 24.1 Å². The molecule has 0 spiro atoms. The molecule has 2 rings (SSSR count). The number of carbonyl (C=O) groups is 1. The van der Waals surface area contributed by atoms with Gasteiger partial charge < -0.3 is 4.90 Å². The van der Waals surface area contributed by atoms with Crippen LogP contribution >= 0.6 is 0 Å². The zero-order chi connectivity index (χ0) is 15.5. The van der Waals surface area contributed by atoms with Crippen LogP contribution in [0.25, 0.3) is 0 Å². The Morgan fingerprint density at radius 2 is 2.33 bits per heavy atom. The average molecular weight is 285 g/mol. The van der Waals surface area contributed by atoms with Gasteiger partial charge in [0.05, 0.1) is 6.07 Å². The number of nitriles is 1. The molecule has 1 amide bonds. The second kappa shape index (κ2) is 6.26. The number of carbonyl (C=O) groups excluding carboxylic acids is 1. The van der Waals surface area contributed by atoms with Gasteiger partial charge in [-0.2, -0.15) is 5.26 Å². The molecule has 1 fully saturated rings. The van der Waals surface area contributed by atoms with E-state index < -0.39 is 5.41 Å². The number of aromatic nitrogens is 1. The number of hydrogen-bond acceptors (Lipinski definition) is 3. The summed E-state index contributed by atoms with van der Waals surface area (Å²) in [4.78, 5) is 18.6. The smallest absolute Gasteiger partial charge is 0.242 e. The molecule has 4 nitrogen and oxygen atoms in total. The second-order valence-electron chi connectivity index (χ2n) is 6.38. The van der Waals surface area contributed by atoms with Crippen molar-refractivity contribution in [2.75, 3.05) is 6.54 Å². The molecule has 2 heterocycles. The second-order valence-corrected chi connectivity index (χ2v) is 6.38. The standard InChI is InChI=1S/C17H23N3O/c1-13-11-14(8-9-19-13)6-7-15-5-4-10-20(15)16(21)17(2,3)12-18/h8-9,11,15H,4-7,10H2,1-3H3. The summed E-state index contributed by atoms with van der Waals surface area (Å²) in [5.41, 5.74) is 1.37. The SMILES string of the molecule is Cc1cc(CCC2CCCN2C(=O)C(C)(C)C#N)ccn1. The molecule has 1 aliphatic rings. The molecule has 4 heteroatoms. The normalized spacial score (nSPS) is 18.6. The van der Waals surface area contributed by atoms with Crippen molar-refractivity contribution in [3.8, 4) is 6.07 Å². The average Bonchev–Trinajstić information content (AvgIpc) is 2.92. The van der Waals surface area contributed by atoms with Gasteiger partial charge in [-0.05, 0) is 64.2 Å². The summed E-state index contributed by atoms with van der Waals surface area (Å²) in [6.07, 6.45) is 5.81. The van der Waals surface area contributed by atoms with Crippen molar-refractivity contribution in [2.24, 2.45) is 5.41 Å². The Morgan fingerprint density at radius 1 is 1.57 bits per heavy atom. The molecule has 0 aliphatic carbocycles. The maximum absolute atomic E-state index is 12.5. The first-order valence-corrected chi connectivity index (χ1v) is 7.58. The third kappa shape index (κ3) is 3.60. The van der Waals surface area contributed by atoms with Crippen LogP contribution in [0.4, 0.5) is 0 Å².